The van der Waals surface area contributed by atoms with Crippen LogP contribution in [-0.4, -0.2) is 71.3 Å². The largest absolute Gasteiger partial charge is 0.460 e. The number of fused-ring (bicyclic) bond motifs is 1. The normalized spacial score (nSPS) is 25.1. The number of amides is 1. The number of rotatable bonds is 4. The lowest BCUT2D eigenvalue weighted by atomic mass is 9.75. The maximum atomic E-state index is 13.2. The van der Waals surface area contributed by atoms with E-state index < -0.39 is 11.0 Å². The number of imidazole rings is 1. The number of hydrogen-bond donors (Lipinski definition) is 1. The van der Waals surface area contributed by atoms with Gasteiger partial charge in [-0.15, -0.1) is 0 Å². The number of esters is 1. The van der Waals surface area contributed by atoms with Crippen molar-refractivity contribution in [1.82, 2.24) is 19.8 Å². The fraction of sp³-hybridized carbons (Fsp3) is 0.609. The Morgan fingerprint density at radius 3 is 2.71 bits per heavy atom. The average Bonchev–Trinajstić information content (AvgIpc) is 3.35. The number of methoxy groups -OCH3 is 1. The van der Waals surface area contributed by atoms with Crippen LogP contribution in [0.2, 0.25) is 0 Å². The highest BCUT2D eigenvalue weighted by molar-refractivity contribution is 5.86. The second-order valence-corrected chi connectivity index (χ2v) is 9.14. The fourth-order valence-corrected chi connectivity index (χ4v) is 5.48. The number of carbonyl (C=O) groups excluding carboxylic acids is 2. The lowest BCUT2D eigenvalue weighted by molar-refractivity contribution is -0.163. The second kappa shape index (κ2) is 7.91. The maximum absolute atomic E-state index is 13.2. The Morgan fingerprint density at radius 2 is 1.97 bits per heavy atom. The van der Waals surface area contributed by atoms with Crippen molar-refractivity contribution < 1.29 is 19.1 Å². The molecule has 5 rings (SSSR count). The van der Waals surface area contributed by atoms with E-state index in [0.717, 1.165) is 24.1 Å². The molecular formula is C23H30N4O4. The van der Waals surface area contributed by atoms with Crippen LogP contribution >= 0.6 is 0 Å². The van der Waals surface area contributed by atoms with E-state index >= 15 is 0 Å². The standard InChI is InChI=1S/C23H30N4O4/c1-30-23(6-10-24-11-7-23)20(28)26-12-8-22(9-13-26)14-17(31-21(22)29)15-27-16-25-18-4-2-3-5-19(18)27/h2-5,16-17,24H,6-15H2,1H3. The molecule has 1 atom stereocenters. The predicted molar refractivity (Wildman–Crippen MR) is 114 cm³/mol. The Labute approximate surface area is 181 Å². The molecule has 1 spiro atoms. The van der Waals surface area contributed by atoms with E-state index in [1.807, 2.05) is 35.5 Å². The van der Waals surface area contributed by atoms with Crippen molar-refractivity contribution in [2.24, 2.45) is 5.41 Å². The topological polar surface area (TPSA) is 85.7 Å². The molecule has 1 N–H and O–H groups in total. The molecule has 1 unspecified atom stereocenters. The maximum Gasteiger partial charge on any atom is 0.312 e. The molecule has 31 heavy (non-hydrogen) atoms. The summed E-state index contributed by atoms with van der Waals surface area (Å²) in [7, 11) is 1.63. The van der Waals surface area contributed by atoms with Crippen LogP contribution in [-0.2, 0) is 25.6 Å². The van der Waals surface area contributed by atoms with Crippen LogP contribution < -0.4 is 5.32 Å². The zero-order chi connectivity index (χ0) is 21.5. The molecule has 1 amide bonds. The molecule has 8 nitrogen and oxygen atoms in total. The smallest absolute Gasteiger partial charge is 0.312 e. The van der Waals surface area contributed by atoms with Crippen molar-refractivity contribution in [3.8, 4) is 0 Å². The van der Waals surface area contributed by atoms with Gasteiger partial charge in [0.15, 0.2) is 0 Å². The van der Waals surface area contributed by atoms with Gasteiger partial charge in [-0.1, -0.05) is 12.1 Å². The summed E-state index contributed by atoms with van der Waals surface area (Å²) in [6, 6.07) is 7.97. The van der Waals surface area contributed by atoms with Gasteiger partial charge < -0.3 is 24.3 Å². The summed E-state index contributed by atoms with van der Waals surface area (Å²) in [5, 5.41) is 3.29. The van der Waals surface area contributed by atoms with Gasteiger partial charge in [-0.3, -0.25) is 9.59 Å². The minimum atomic E-state index is -0.725. The number of nitrogens with zero attached hydrogens (tertiary/aromatic N) is 3. The van der Waals surface area contributed by atoms with E-state index in [9.17, 15) is 9.59 Å². The molecule has 3 saturated heterocycles. The average molecular weight is 427 g/mol. The number of benzene rings is 1. The van der Waals surface area contributed by atoms with Crippen molar-refractivity contribution in [1.29, 1.82) is 0 Å². The molecule has 1 aromatic heterocycles. The highest BCUT2D eigenvalue weighted by Crippen LogP contribution is 2.44. The van der Waals surface area contributed by atoms with Gasteiger partial charge in [0.1, 0.15) is 11.7 Å². The first kappa shape index (κ1) is 20.5. The van der Waals surface area contributed by atoms with Crippen LogP contribution in [0.25, 0.3) is 11.0 Å². The molecule has 0 radical (unpaired) electrons. The van der Waals surface area contributed by atoms with Gasteiger partial charge in [0.05, 0.1) is 29.3 Å². The van der Waals surface area contributed by atoms with Crippen LogP contribution in [0.3, 0.4) is 0 Å². The van der Waals surface area contributed by atoms with Crippen molar-refractivity contribution in [2.45, 2.75) is 50.4 Å². The molecule has 0 bridgehead atoms. The molecule has 0 saturated carbocycles. The first-order valence-corrected chi connectivity index (χ1v) is 11.2. The minimum Gasteiger partial charge on any atom is -0.460 e. The van der Waals surface area contributed by atoms with Crippen LogP contribution in [0, 0.1) is 5.41 Å². The summed E-state index contributed by atoms with van der Waals surface area (Å²) in [6.45, 7) is 3.33. The van der Waals surface area contributed by atoms with Gasteiger partial charge in [-0.2, -0.15) is 0 Å². The molecular weight excluding hydrogens is 396 g/mol. The van der Waals surface area contributed by atoms with Gasteiger partial charge in [0, 0.05) is 26.6 Å². The molecule has 166 valence electrons. The molecule has 8 heteroatoms. The van der Waals surface area contributed by atoms with Gasteiger partial charge in [0.2, 0.25) is 0 Å². The van der Waals surface area contributed by atoms with Gasteiger partial charge in [-0.25, -0.2) is 4.98 Å². The molecule has 4 heterocycles. The zero-order valence-electron chi connectivity index (χ0n) is 18.0. The van der Waals surface area contributed by atoms with Crippen molar-refractivity contribution in [3.05, 3.63) is 30.6 Å². The van der Waals surface area contributed by atoms with Crippen LogP contribution in [0.5, 0.6) is 0 Å². The van der Waals surface area contributed by atoms with E-state index in [1.54, 1.807) is 7.11 Å². The quantitative estimate of drug-likeness (QED) is 0.750. The zero-order valence-corrected chi connectivity index (χ0v) is 18.0. The summed E-state index contributed by atoms with van der Waals surface area (Å²) in [4.78, 5) is 32.4. The predicted octanol–water partition coefficient (Wildman–Crippen LogP) is 1.73. The van der Waals surface area contributed by atoms with E-state index in [4.69, 9.17) is 9.47 Å². The molecule has 2 aromatic rings. The number of para-hydroxylation sites is 2. The second-order valence-electron chi connectivity index (χ2n) is 9.14. The van der Waals surface area contributed by atoms with E-state index in [1.165, 1.54) is 0 Å². The molecule has 0 aliphatic carbocycles. The fourth-order valence-electron chi connectivity index (χ4n) is 5.48. The summed E-state index contributed by atoms with van der Waals surface area (Å²) >= 11 is 0. The number of aromatic nitrogens is 2. The summed E-state index contributed by atoms with van der Waals surface area (Å²) in [5.74, 6) is -0.0449. The number of piperidine rings is 2. The molecule has 3 aliphatic rings. The Kier molecular flexibility index (Phi) is 5.22. The number of likely N-dealkylation sites (tertiary alicyclic amines) is 1. The number of hydrogen-bond acceptors (Lipinski definition) is 6. The molecule has 1 aromatic carbocycles. The third-order valence-corrected chi connectivity index (χ3v) is 7.45. The van der Waals surface area contributed by atoms with Gasteiger partial charge >= 0.3 is 5.97 Å². The van der Waals surface area contributed by atoms with Crippen LogP contribution in [0.4, 0.5) is 0 Å². The first-order chi connectivity index (χ1) is 15.1. The lowest BCUT2D eigenvalue weighted by Gasteiger charge is -2.43. The Bertz CT molecular complexity index is 973. The van der Waals surface area contributed by atoms with Crippen molar-refractivity contribution in [2.75, 3.05) is 33.3 Å². The third kappa shape index (κ3) is 3.51. The highest BCUT2D eigenvalue weighted by Gasteiger charge is 2.52. The molecule has 3 fully saturated rings. The third-order valence-electron chi connectivity index (χ3n) is 7.45. The molecule has 3 aliphatic heterocycles. The highest BCUT2D eigenvalue weighted by atomic mass is 16.6. The minimum absolute atomic E-state index is 0.0687. The van der Waals surface area contributed by atoms with Crippen LogP contribution in [0.1, 0.15) is 32.1 Å². The summed E-state index contributed by atoms with van der Waals surface area (Å²) in [5.41, 5.74) is 0.786. The summed E-state index contributed by atoms with van der Waals surface area (Å²) < 4.78 is 13.6. The number of ether oxygens (including phenoxy) is 2. The number of carbonyl (C=O) groups is 2. The van der Waals surface area contributed by atoms with Gasteiger partial charge in [-0.05, 0) is 50.9 Å². The first-order valence-electron chi connectivity index (χ1n) is 11.2. The monoisotopic (exact) mass is 426 g/mol. The lowest BCUT2D eigenvalue weighted by Crippen LogP contribution is -2.57. The van der Waals surface area contributed by atoms with E-state index in [-0.39, 0.29) is 18.0 Å². The SMILES string of the molecule is COC1(C(=O)N2CCC3(CC2)CC(Cn2cnc4ccccc42)OC3=O)CCNCC1. The number of cyclic esters (lactones) is 1. The Hall–Kier alpha value is -2.45. The van der Waals surface area contributed by atoms with E-state index in [2.05, 4.69) is 14.9 Å². The number of nitrogens with one attached hydrogen (secondary N) is 1. The van der Waals surface area contributed by atoms with Crippen molar-refractivity contribution >= 4 is 22.9 Å². The van der Waals surface area contributed by atoms with E-state index in [0.29, 0.717) is 51.7 Å². The van der Waals surface area contributed by atoms with Crippen LogP contribution in [0.15, 0.2) is 30.6 Å². The Morgan fingerprint density at radius 1 is 1.23 bits per heavy atom. The van der Waals surface area contributed by atoms with Gasteiger partial charge in [0.25, 0.3) is 5.91 Å². The summed E-state index contributed by atoms with van der Waals surface area (Å²) in [6.07, 6.45) is 5.02. The van der Waals surface area contributed by atoms with Crippen molar-refractivity contribution in [3.63, 3.8) is 0 Å². The Balaban J connectivity index is 1.24.